The Morgan fingerprint density at radius 2 is 2.00 bits per heavy atom. The van der Waals surface area contributed by atoms with Crippen molar-refractivity contribution in [2.75, 3.05) is 6.54 Å². The van der Waals surface area contributed by atoms with Crippen LogP contribution in [0.15, 0.2) is 48.8 Å². The van der Waals surface area contributed by atoms with E-state index in [1.807, 2.05) is 31.3 Å². The van der Waals surface area contributed by atoms with Crippen molar-refractivity contribution >= 4 is 11.0 Å². The van der Waals surface area contributed by atoms with Gasteiger partial charge in [-0.2, -0.15) is 0 Å². The van der Waals surface area contributed by atoms with Crippen molar-refractivity contribution in [3.63, 3.8) is 0 Å². The molecule has 4 heteroatoms. The van der Waals surface area contributed by atoms with Gasteiger partial charge in [-0.1, -0.05) is 30.3 Å². The molecule has 0 amide bonds. The number of imidazole rings is 1. The summed E-state index contributed by atoms with van der Waals surface area (Å²) < 4.78 is 2.10. The number of aromatic nitrogens is 3. The minimum atomic E-state index is 0.110. The van der Waals surface area contributed by atoms with Crippen LogP contribution in [0.5, 0.6) is 0 Å². The molecule has 2 heterocycles. The fraction of sp³-hybridized carbons (Fsp3) is 0.200. The van der Waals surface area contributed by atoms with Crippen LogP contribution >= 0.6 is 0 Å². The Balaban J connectivity index is 2.14. The highest BCUT2D eigenvalue weighted by molar-refractivity contribution is 5.74. The van der Waals surface area contributed by atoms with E-state index in [9.17, 15) is 0 Å². The summed E-state index contributed by atoms with van der Waals surface area (Å²) >= 11 is 0. The van der Waals surface area contributed by atoms with Crippen LogP contribution in [0.4, 0.5) is 0 Å². The summed E-state index contributed by atoms with van der Waals surface area (Å²) in [6, 6.07) is 12.2. The fourth-order valence-corrected chi connectivity index (χ4v) is 2.46. The van der Waals surface area contributed by atoms with E-state index in [1.54, 1.807) is 12.4 Å². The van der Waals surface area contributed by atoms with Gasteiger partial charge in [-0.05, 0) is 11.6 Å². The predicted molar refractivity (Wildman–Crippen MR) is 75.8 cm³/mol. The van der Waals surface area contributed by atoms with Crippen LogP contribution in [0.1, 0.15) is 17.3 Å². The van der Waals surface area contributed by atoms with Gasteiger partial charge in [0, 0.05) is 19.8 Å². The fourth-order valence-electron chi connectivity index (χ4n) is 2.46. The van der Waals surface area contributed by atoms with Gasteiger partial charge in [0.25, 0.3) is 0 Å². The van der Waals surface area contributed by atoms with E-state index in [4.69, 9.17) is 5.73 Å². The van der Waals surface area contributed by atoms with E-state index in [-0.39, 0.29) is 5.92 Å². The molecule has 0 bridgehead atoms. The largest absolute Gasteiger partial charge is 0.330 e. The molecule has 0 radical (unpaired) electrons. The van der Waals surface area contributed by atoms with Gasteiger partial charge < -0.3 is 10.3 Å². The average molecular weight is 252 g/mol. The third-order valence-corrected chi connectivity index (χ3v) is 3.47. The van der Waals surface area contributed by atoms with Gasteiger partial charge in [0.05, 0.1) is 17.6 Å². The Morgan fingerprint density at radius 3 is 2.68 bits per heavy atom. The molecule has 0 aliphatic heterocycles. The minimum absolute atomic E-state index is 0.110. The maximum absolute atomic E-state index is 5.96. The number of rotatable bonds is 3. The minimum Gasteiger partial charge on any atom is -0.330 e. The number of pyridine rings is 1. The number of hydrogen-bond donors (Lipinski definition) is 1. The zero-order valence-corrected chi connectivity index (χ0v) is 10.8. The number of nitrogens with two attached hydrogens (primary N) is 1. The highest BCUT2D eigenvalue weighted by atomic mass is 15.1. The Hall–Kier alpha value is -2.20. The topological polar surface area (TPSA) is 56.7 Å². The van der Waals surface area contributed by atoms with Gasteiger partial charge in [-0.25, -0.2) is 4.98 Å². The molecule has 1 unspecified atom stereocenters. The van der Waals surface area contributed by atoms with Crippen LogP contribution in [0.2, 0.25) is 0 Å². The number of fused-ring (bicyclic) bond motifs is 1. The van der Waals surface area contributed by atoms with Gasteiger partial charge in [-0.15, -0.1) is 0 Å². The van der Waals surface area contributed by atoms with Crippen molar-refractivity contribution in [2.24, 2.45) is 12.8 Å². The van der Waals surface area contributed by atoms with E-state index >= 15 is 0 Å². The van der Waals surface area contributed by atoms with Gasteiger partial charge in [-0.3, -0.25) is 4.98 Å². The second-order valence-corrected chi connectivity index (χ2v) is 4.59. The first kappa shape index (κ1) is 11.9. The van der Waals surface area contributed by atoms with Crippen LogP contribution < -0.4 is 5.73 Å². The molecule has 2 N–H and O–H groups in total. The predicted octanol–water partition coefficient (Wildman–Crippen LogP) is 2.06. The summed E-state index contributed by atoms with van der Waals surface area (Å²) in [5.41, 5.74) is 9.14. The summed E-state index contributed by atoms with van der Waals surface area (Å²) in [7, 11) is 2.02. The summed E-state index contributed by atoms with van der Waals surface area (Å²) in [5, 5.41) is 0. The van der Waals surface area contributed by atoms with E-state index < -0.39 is 0 Å². The smallest absolute Gasteiger partial charge is 0.118 e. The molecular weight excluding hydrogens is 236 g/mol. The molecule has 0 aliphatic carbocycles. The molecule has 96 valence electrons. The van der Waals surface area contributed by atoms with Crippen molar-refractivity contribution in [3.8, 4) is 0 Å². The second kappa shape index (κ2) is 4.82. The number of benzene rings is 1. The lowest BCUT2D eigenvalue weighted by atomic mass is 9.98. The first-order valence-electron chi connectivity index (χ1n) is 6.32. The molecular formula is C15H16N4. The van der Waals surface area contributed by atoms with Crippen molar-refractivity contribution in [1.29, 1.82) is 0 Å². The quantitative estimate of drug-likeness (QED) is 0.776. The van der Waals surface area contributed by atoms with Gasteiger partial charge >= 0.3 is 0 Å². The molecule has 0 saturated carbocycles. The Labute approximate surface area is 111 Å². The molecule has 0 saturated heterocycles. The molecule has 0 aliphatic rings. The zero-order chi connectivity index (χ0) is 13.2. The maximum atomic E-state index is 5.96. The third kappa shape index (κ3) is 2.00. The summed E-state index contributed by atoms with van der Waals surface area (Å²) in [5.74, 6) is 1.09. The van der Waals surface area contributed by atoms with Crippen LogP contribution in [-0.4, -0.2) is 21.1 Å². The van der Waals surface area contributed by atoms with Crippen molar-refractivity contribution in [3.05, 3.63) is 60.2 Å². The molecule has 19 heavy (non-hydrogen) atoms. The second-order valence-electron chi connectivity index (χ2n) is 4.59. The zero-order valence-electron chi connectivity index (χ0n) is 10.8. The van der Waals surface area contributed by atoms with E-state index in [0.29, 0.717) is 6.54 Å². The molecule has 1 aromatic carbocycles. The lowest BCUT2D eigenvalue weighted by Crippen LogP contribution is -2.17. The summed E-state index contributed by atoms with van der Waals surface area (Å²) in [6.07, 6.45) is 3.57. The summed E-state index contributed by atoms with van der Waals surface area (Å²) in [4.78, 5) is 8.80. The lowest BCUT2D eigenvalue weighted by molar-refractivity contribution is 0.708. The SMILES string of the molecule is Cn1c(C(CN)c2ccccc2)nc2cnccc21. The normalized spacial score (nSPS) is 12.7. The first-order chi connectivity index (χ1) is 9.31. The highest BCUT2D eigenvalue weighted by Crippen LogP contribution is 2.25. The standard InChI is InChI=1S/C15H16N4/c1-19-14-7-8-17-10-13(14)18-15(19)12(9-16)11-5-3-2-4-6-11/h2-8,10,12H,9,16H2,1H3. The summed E-state index contributed by atoms with van der Waals surface area (Å²) in [6.45, 7) is 0.536. The van der Waals surface area contributed by atoms with Gasteiger partial charge in [0.1, 0.15) is 11.3 Å². The van der Waals surface area contributed by atoms with Crippen LogP contribution in [0, 0.1) is 0 Å². The molecule has 4 nitrogen and oxygen atoms in total. The van der Waals surface area contributed by atoms with Gasteiger partial charge in [0.15, 0.2) is 0 Å². The maximum Gasteiger partial charge on any atom is 0.118 e. The number of hydrogen-bond acceptors (Lipinski definition) is 3. The van der Waals surface area contributed by atoms with Crippen molar-refractivity contribution in [2.45, 2.75) is 5.92 Å². The first-order valence-corrected chi connectivity index (χ1v) is 6.32. The molecule has 3 aromatic rings. The molecule has 2 aromatic heterocycles. The van der Waals surface area contributed by atoms with Gasteiger partial charge in [0.2, 0.25) is 0 Å². The van der Waals surface area contributed by atoms with Crippen molar-refractivity contribution in [1.82, 2.24) is 14.5 Å². The lowest BCUT2D eigenvalue weighted by Gasteiger charge is -2.15. The Bertz CT molecular complexity index is 688. The van der Waals surface area contributed by atoms with E-state index in [2.05, 4.69) is 26.7 Å². The van der Waals surface area contributed by atoms with Crippen LogP contribution in [0.3, 0.4) is 0 Å². The number of nitrogens with zero attached hydrogens (tertiary/aromatic N) is 3. The van der Waals surface area contributed by atoms with Crippen LogP contribution in [-0.2, 0) is 7.05 Å². The monoisotopic (exact) mass is 252 g/mol. The van der Waals surface area contributed by atoms with E-state index in [1.165, 1.54) is 5.56 Å². The highest BCUT2D eigenvalue weighted by Gasteiger charge is 2.18. The van der Waals surface area contributed by atoms with Crippen molar-refractivity contribution < 1.29 is 0 Å². The number of aryl methyl sites for hydroxylation is 1. The average Bonchev–Trinajstić information content (AvgIpc) is 2.79. The Morgan fingerprint density at radius 1 is 1.21 bits per heavy atom. The van der Waals surface area contributed by atoms with E-state index in [0.717, 1.165) is 16.9 Å². The van der Waals surface area contributed by atoms with Crippen LogP contribution in [0.25, 0.3) is 11.0 Å². The molecule has 0 spiro atoms. The third-order valence-electron chi connectivity index (χ3n) is 3.47. The molecule has 0 fully saturated rings. The Kier molecular flexibility index (Phi) is 3.01. The molecule has 1 atom stereocenters. The molecule has 3 rings (SSSR count).